The van der Waals surface area contributed by atoms with Gasteiger partial charge in [0.15, 0.2) is 0 Å². The summed E-state index contributed by atoms with van der Waals surface area (Å²) in [5.41, 5.74) is 0. The van der Waals surface area contributed by atoms with Gasteiger partial charge in [0.25, 0.3) is 0 Å². The second-order valence-electron chi connectivity index (χ2n) is 3.27. The predicted octanol–water partition coefficient (Wildman–Crippen LogP) is 2.85. The Morgan fingerprint density at radius 2 is 2.40 bits per heavy atom. The van der Waals surface area contributed by atoms with Crippen LogP contribution in [0, 0.1) is 0 Å². The highest BCUT2D eigenvalue weighted by atomic mass is 79.9. The molecule has 0 aliphatic rings. The number of halogens is 1. The molecule has 5 heteroatoms. The summed E-state index contributed by atoms with van der Waals surface area (Å²) >= 11 is 4.99. The molecule has 0 saturated carbocycles. The van der Waals surface area contributed by atoms with Crippen molar-refractivity contribution in [3.8, 4) is 0 Å². The molecule has 0 fully saturated rings. The number of rotatable bonds is 6. The lowest BCUT2D eigenvalue weighted by Gasteiger charge is -2.12. The van der Waals surface area contributed by atoms with Crippen LogP contribution in [-0.2, 0) is 11.3 Å². The van der Waals surface area contributed by atoms with Gasteiger partial charge >= 0.3 is 5.97 Å². The smallest absolute Gasteiger partial charge is 0.320 e. The molecule has 0 aliphatic carbocycles. The summed E-state index contributed by atoms with van der Waals surface area (Å²) in [6.45, 7) is 2.60. The zero-order chi connectivity index (χ0) is 11.3. The third-order valence-corrected chi connectivity index (χ3v) is 3.65. The number of carbonyl (C=O) groups is 1. The second kappa shape index (κ2) is 6.25. The Morgan fingerprint density at radius 1 is 1.67 bits per heavy atom. The Morgan fingerprint density at radius 3 is 2.87 bits per heavy atom. The molecule has 1 unspecified atom stereocenters. The summed E-state index contributed by atoms with van der Waals surface area (Å²) < 4.78 is 1.07. The molecule has 2 N–H and O–H groups in total. The fourth-order valence-electron chi connectivity index (χ4n) is 1.27. The number of hydrogen-bond acceptors (Lipinski definition) is 3. The van der Waals surface area contributed by atoms with E-state index in [-0.39, 0.29) is 0 Å². The molecule has 1 aromatic rings. The van der Waals surface area contributed by atoms with Crippen LogP contribution in [-0.4, -0.2) is 17.1 Å². The minimum Gasteiger partial charge on any atom is -0.480 e. The molecule has 3 nitrogen and oxygen atoms in total. The van der Waals surface area contributed by atoms with E-state index in [9.17, 15) is 4.79 Å². The number of carboxylic acids is 1. The zero-order valence-electron chi connectivity index (χ0n) is 8.50. The zero-order valence-corrected chi connectivity index (χ0v) is 10.9. The average Bonchev–Trinajstić information content (AvgIpc) is 2.58. The van der Waals surface area contributed by atoms with Crippen molar-refractivity contribution in [3.63, 3.8) is 0 Å². The second-order valence-corrected chi connectivity index (χ2v) is 5.81. The van der Waals surface area contributed by atoms with Crippen LogP contribution < -0.4 is 5.32 Å². The maximum Gasteiger partial charge on any atom is 0.320 e. The molecule has 0 aromatic carbocycles. The molecule has 1 atom stereocenters. The van der Waals surface area contributed by atoms with E-state index in [2.05, 4.69) is 21.2 Å². The SMILES string of the molecule is CCCC(NCc1ccc(Br)s1)C(=O)O. The van der Waals surface area contributed by atoms with Gasteiger partial charge in [-0.2, -0.15) is 0 Å². The number of hydrogen-bond donors (Lipinski definition) is 2. The lowest BCUT2D eigenvalue weighted by atomic mass is 10.1. The van der Waals surface area contributed by atoms with Gasteiger partial charge in [0.2, 0.25) is 0 Å². The standard InChI is InChI=1S/C10H14BrNO2S/c1-2-3-8(10(13)14)12-6-7-4-5-9(11)15-7/h4-5,8,12H,2-3,6H2,1H3,(H,13,14). The number of nitrogens with one attached hydrogen (secondary N) is 1. The molecule has 15 heavy (non-hydrogen) atoms. The molecule has 1 aromatic heterocycles. The normalized spacial score (nSPS) is 12.7. The summed E-state index contributed by atoms with van der Waals surface area (Å²) in [5, 5.41) is 12.0. The Labute approximate surface area is 102 Å². The van der Waals surface area contributed by atoms with Gasteiger partial charge in [-0.3, -0.25) is 10.1 Å². The van der Waals surface area contributed by atoms with Crippen LogP contribution >= 0.6 is 27.3 Å². The molecule has 1 heterocycles. The summed E-state index contributed by atoms with van der Waals surface area (Å²) in [6.07, 6.45) is 1.54. The summed E-state index contributed by atoms with van der Waals surface area (Å²) in [6, 6.07) is 3.53. The van der Waals surface area contributed by atoms with Gasteiger partial charge in [-0.05, 0) is 34.5 Å². The van der Waals surface area contributed by atoms with Crippen molar-refractivity contribution < 1.29 is 9.90 Å². The van der Waals surface area contributed by atoms with E-state index in [1.165, 1.54) is 0 Å². The van der Waals surface area contributed by atoms with E-state index < -0.39 is 12.0 Å². The highest BCUT2D eigenvalue weighted by Gasteiger charge is 2.15. The Balaban J connectivity index is 2.43. The Hall–Kier alpha value is -0.390. The van der Waals surface area contributed by atoms with Crippen molar-refractivity contribution in [2.45, 2.75) is 32.4 Å². The fraction of sp³-hybridized carbons (Fsp3) is 0.500. The first-order valence-electron chi connectivity index (χ1n) is 4.84. The average molecular weight is 292 g/mol. The molecule has 84 valence electrons. The van der Waals surface area contributed by atoms with Crippen LogP contribution in [0.3, 0.4) is 0 Å². The molecule has 0 amide bonds. The van der Waals surface area contributed by atoms with E-state index in [1.54, 1.807) is 11.3 Å². The summed E-state index contributed by atoms with van der Waals surface area (Å²) in [4.78, 5) is 12.0. The van der Waals surface area contributed by atoms with Gasteiger partial charge < -0.3 is 5.11 Å². The predicted molar refractivity (Wildman–Crippen MR) is 65.2 cm³/mol. The number of aliphatic carboxylic acids is 1. The summed E-state index contributed by atoms with van der Waals surface area (Å²) in [5.74, 6) is -0.771. The van der Waals surface area contributed by atoms with Crippen molar-refractivity contribution in [2.75, 3.05) is 0 Å². The third-order valence-electron chi connectivity index (χ3n) is 2.03. The van der Waals surface area contributed by atoms with Crippen LogP contribution in [0.5, 0.6) is 0 Å². The maximum absolute atomic E-state index is 10.8. The largest absolute Gasteiger partial charge is 0.480 e. The third kappa shape index (κ3) is 4.32. The first-order valence-corrected chi connectivity index (χ1v) is 6.44. The molecule has 0 spiro atoms. The van der Waals surface area contributed by atoms with Crippen LogP contribution in [0.2, 0.25) is 0 Å². The monoisotopic (exact) mass is 291 g/mol. The van der Waals surface area contributed by atoms with Gasteiger partial charge in [-0.25, -0.2) is 0 Å². The molecule has 0 bridgehead atoms. The van der Waals surface area contributed by atoms with E-state index in [0.29, 0.717) is 13.0 Å². The maximum atomic E-state index is 10.8. The quantitative estimate of drug-likeness (QED) is 0.847. The molecule has 0 radical (unpaired) electrons. The molecule has 1 rings (SSSR count). The number of thiophene rings is 1. The molecule has 0 saturated heterocycles. The molecular formula is C10H14BrNO2S. The highest BCUT2D eigenvalue weighted by molar-refractivity contribution is 9.11. The fourth-order valence-corrected chi connectivity index (χ4v) is 2.71. The van der Waals surface area contributed by atoms with Crippen molar-refractivity contribution in [2.24, 2.45) is 0 Å². The van der Waals surface area contributed by atoms with Crippen molar-refractivity contribution >= 4 is 33.2 Å². The topological polar surface area (TPSA) is 49.3 Å². The van der Waals surface area contributed by atoms with Crippen molar-refractivity contribution in [1.82, 2.24) is 5.32 Å². The molecule has 0 aliphatic heterocycles. The van der Waals surface area contributed by atoms with Crippen LogP contribution in [0.4, 0.5) is 0 Å². The van der Waals surface area contributed by atoms with E-state index in [1.807, 2.05) is 19.1 Å². The number of carboxylic acid groups (broad SMARTS) is 1. The van der Waals surface area contributed by atoms with Crippen LogP contribution in [0.15, 0.2) is 15.9 Å². The highest BCUT2D eigenvalue weighted by Crippen LogP contribution is 2.21. The summed E-state index contributed by atoms with van der Waals surface area (Å²) in [7, 11) is 0. The molecular weight excluding hydrogens is 278 g/mol. The van der Waals surface area contributed by atoms with Crippen LogP contribution in [0.1, 0.15) is 24.6 Å². The van der Waals surface area contributed by atoms with Crippen molar-refractivity contribution in [3.05, 3.63) is 20.8 Å². The van der Waals surface area contributed by atoms with Crippen molar-refractivity contribution in [1.29, 1.82) is 0 Å². The minimum absolute atomic E-state index is 0.434. The first-order chi connectivity index (χ1) is 7.13. The Bertz CT molecular complexity index is 327. The van der Waals surface area contributed by atoms with E-state index in [0.717, 1.165) is 15.1 Å². The lowest BCUT2D eigenvalue weighted by Crippen LogP contribution is -2.35. The minimum atomic E-state index is -0.771. The van der Waals surface area contributed by atoms with E-state index >= 15 is 0 Å². The van der Waals surface area contributed by atoms with Gasteiger partial charge in [0, 0.05) is 11.4 Å². The van der Waals surface area contributed by atoms with E-state index in [4.69, 9.17) is 5.11 Å². The lowest BCUT2D eigenvalue weighted by molar-refractivity contribution is -0.139. The van der Waals surface area contributed by atoms with Gasteiger partial charge in [-0.1, -0.05) is 13.3 Å². The van der Waals surface area contributed by atoms with Crippen LogP contribution in [0.25, 0.3) is 0 Å². The van der Waals surface area contributed by atoms with Gasteiger partial charge in [0.1, 0.15) is 6.04 Å². The first kappa shape index (κ1) is 12.7. The van der Waals surface area contributed by atoms with Gasteiger partial charge in [0.05, 0.1) is 3.79 Å². The van der Waals surface area contributed by atoms with Gasteiger partial charge in [-0.15, -0.1) is 11.3 Å². The Kier molecular flexibility index (Phi) is 5.28.